The molecule has 0 aromatic rings. The molecule has 0 aromatic heterocycles. The molecule has 0 N–H and O–H groups in total. The molecule has 0 spiro atoms. The Morgan fingerprint density at radius 1 is 1.50 bits per heavy atom. The summed E-state index contributed by atoms with van der Waals surface area (Å²) in [5, 5.41) is 0. The molecular weight excluding hydrogens is 96.1 g/mol. The van der Waals surface area contributed by atoms with Crippen molar-refractivity contribution in [2.45, 2.75) is 13.8 Å². The third kappa shape index (κ3) is 1.78. The van der Waals surface area contributed by atoms with Crippen LogP contribution in [0.1, 0.15) is 13.8 Å². The van der Waals surface area contributed by atoms with Crippen LogP contribution in [0.3, 0.4) is 0 Å². The Morgan fingerprint density at radius 3 is 2.00 bits per heavy atom. The first-order valence-corrected chi connectivity index (χ1v) is 2.67. The lowest BCUT2D eigenvalue weighted by atomic mass is 10.1. The largest absolute Gasteiger partial charge is 0.0985 e. The van der Waals surface area contributed by atoms with Crippen LogP contribution in [0.5, 0.6) is 0 Å². The molecule has 0 aliphatic carbocycles. The lowest BCUT2D eigenvalue weighted by Crippen LogP contribution is -1.74. The summed E-state index contributed by atoms with van der Waals surface area (Å²) in [6.45, 7) is 11.3. The molecule has 0 aromatic carbocycles. The lowest BCUT2D eigenvalue weighted by Gasteiger charge is -1.94. The fraction of sp³-hybridized carbons (Fsp3) is 0.250. The smallest absolute Gasteiger partial charge is 0.0282 e. The number of hydrogen-bond acceptors (Lipinski definition) is 0. The molecule has 0 bridgehead atoms. The highest BCUT2D eigenvalue weighted by atomic mass is 13.9. The van der Waals surface area contributed by atoms with Crippen LogP contribution in [0.25, 0.3) is 0 Å². The molecule has 0 radical (unpaired) electrons. The molecule has 0 saturated heterocycles. The van der Waals surface area contributed by atoms with Crippen molar-refractivity contribution in [1.29, 1.82) is 0 Å². The van der Waals surface area contributed by atoms with Gasteiger partial charge in [0.1, 0.15) is 0 Å². The zero-order chi connectivity index (χ0) is 6.57. The van der Waals surface area contributed by atoms with Gasteiger partial charge in [-0.3, -0.25) is 0 Å². The van der Waals surface area contributed by atoms with Gasteiger partial charge in [0, 0.05) is 0 Å². The van der Waals surface area contributed by atoms with Crippen molar-refractivity contribution in [3.63, 3.8) is 0 Å². The molecule has 0 unspecified atom stereocenters. The fourth-order valence-corrected chi connectivity index (χ4v) is 0.538. The molecule has 0 heteroatoms. The quantitative estimate of drug-likeness (QED) is 0.477. The Hall–Kier alpha value is -0.780. The zero-order valence-electron chi connectivity index (χ0n) is 5.57. The molecule has 0 nitrogen and oxygen atoms in total. The van der Waals surface area contributed by atoms with Gasteiger partial charge in [-0.15, -0.1) is 0 Å². The summed E-state index contributed by atoms with van der Waals surface area (Å²) in [6.07, 6.45) is 3.80. The maximum absolute atomic E-state index is 3.76. The Morgan fingerprint density at radius 2 is 2.00 bits per heavy atom. The van der Waals surface area contributed by atoms with E-state index in [1.54, 1.807) is 0 Å². The van der Waals surface area contributed by atoms with E-state index in [2.05, 4.69) is 13.2 Å². The first kappa shape index (κ1) is 7.22. The highest BCUT2D eigenvalue weighted by molar-refractivity contribution is 5.34. The lowest BCUT2D eigenvalue weighted by molar-refractivity contribution is 1.43. The number of hydrogen-bond donors (Lipinski definition) is 0. The Balaban J connectivity index is 4.13. The molecule has 0 amide bonds. The van der Waals surface area contributed by atoms with Gasteiger partial charge in [0.25, 0.3) is 0 Å². The van der Waals surface area contributed by atoms with E-state index in [4.69, 9.17) is 0 Å². The second-order valence-electron chi connectivity index (χ2n) is 1.73. The standard InChI is InChI=1S/C8H12/c1-5-8(6-2)7(3)4/h5-6H,1,3H2,2,4H3. The van der Waals surface area contributed by atoms with Crippen molar-refractivity contribution in [2.24, 2.45) is 0 Å². The average molecular weight is 108 g/mol. The SMILES string of the molecule is C=CC(=CC)C(=C)C. The second-order valence-corrected chi connectivity index (χ2v) is 1.73. The van der Waals surface area contributed by atoms with E-state index in [1.807, 2.05) is 26.0 Å². The van der Waals surface area contributed by atoms with Crippen molar-refractivity contribution in [2.75, 3.05) is 0 Å². The van der Waals surface area contributed by atoms with Gasteiger partial charge in [0.15, 0.2) is 0 Å². The average Bonchev–Trinajstić information content (AvgIpc) is 1.69. The first-order chi connectivity index (χ1) is 3.72. The molecule has 0 fully saturated rings. The van der Waals surface area contributed by atoms with Crippen LogP contribution in [0, 0.1) is 0 Å². The van der Waals surface area contributed by atoms with Crippen LogP contribution in [0.2, 0.25) is 0 Å². The minimum absolute atomic E-state index is 1.07. The van der Waals surface area contributed by atoms with Crippen molar-refractivity contribution < 1.29 is 0 Å². The zero-order valence-corrected chi connectivity index (χ0v) is 5.57. The second kappa shape index (κ2) is 3.25. The van der Waals surface area contributed by atoms with Crippen molar-refractivity contribution in [3.8, 4) is 0 Å². The summed E-state index contributed by atoms with van der Waals surface area (Å²) in [5.41, 5.74) is 2.20. The summed E-state index contributed by atoms with van der Waals surface area (Å²) in [4.78, 5) is 0. The van der Waals surface area contributed by atoms with E-state index in [0.29, 0.717) is 0 Å². The third-order valence-corrected chi connectivity index (χ3v) is 1.02. The van der Waals surface area contributed by atoms with Crippen molar-refractivity contribution >= 4 is 0 Å². The molecule has 8 heavy (non-hydrogen) atoms. The summed E-state index contributed by atoms with van der Waals surface area (Å²) in [7, 11) is 0. The van der Waals surface area contributed by atoms with Crippen LogP contribution in [-0.2, 0) is 0 Å². The third-order valence-electron chi connectivity index (χ3n) is 1.02. The van der Waals surface area contributed by atoms with Gasteiger partial charge in [-0.05, 0) is 19.4 Å². The Kier molecular flexibility index (Phi) is 2.93. The van der Waals surface area contributed by atoms with Crippen LogP contribution < -0.4 is 0 Å². The summed E-state index contributed by atoms with van der Waals surface area (Å²) in [5.74, 6) is 0. The molecule has 0 heterocycles. The summed E-state index contributed by atoms with van der Waals surface area (Å²) in [6, 6.07) is 0. The molecule has 0 saturated carbocycles. The van der Waals surface area contributed by atoms with E-state index < -0.39 is 0 Å². The number of allylic oxidation sites excluding steroid dienone is 4. The fourth-order valence-electron chi connectivity index (χ4n) is 0.538. The van der Waals surface area contributed by atoms with Crippen LogP contribution >= 0.6 is 0 Å². The first-order valence-electron chi connectivity index (χ1n) is 2.67. The molecule has 0 atom stereocenters. The van der Waals surface area contributed by atoms with E-state index in [9.17, 15) is 0 Å². The van der Waals surface area contributed by atoms with Gasteiger partial charge in [-0.1, -0.05) is 30.9 Å². The van der Waals surface area contributed by atoms with Gasteiger partial charge in [-0.25, -0.2) is 0 Å². The topological polar surface area (TPSA) is 0 Å². The van der Waals surface area contributed by atoms with Crippen LogP contribution in [-0.4, -0.2) is 0 Å². The Bertz CT molecular complexity index is 127. The van der Waals surface area contributed by atoms with E-state index >= 15 is 0 Å². The normalized spacial score (nSPS) is 11.0. The van der Waals surface area contributed by atoms with Crippen LogP contribution in [0.15, 0.2) is 36.5 Å². The molecule has 44 valence electrons. The minimum Gasteiger partial charge on any atom is -0.0985 e. The van der Waals surface area contributed by atoms with Crippen molar-refractivity contribution in [1.82, 2.24) is 0 Å². The maximum Gasteiger partial charge on any atom is -0.0282 e. The molecule has 0 rings (SSSR count). The molecule has 0 aliphatic heterocycles. The van der Waals surface area contributed by atoms with Crippen molar-refractivity contribution in [3.05, 3.63) is 36.5 Å². The minimum atomic E-state index is 1.07. The Labute approximate surface area is 51.2 Å². The van der Waals surface area contributed by atoms with E-state index in [1.165, 1.54) is 0 Å². The predicted molar refractivity (Wildman–Crippen MR) is 38.8 cm³/mol. The van der Waals surface area contributed by atoms with Gasteiger partial charge < -0.3 is 0 Å². The van der Waals surface area contributed by atoms with Gasteiger partial charge in [-0.2, -0.15) is 0 Å². The highest BCUT2D eigenvalue weighted by Gasteiger charge is 1.85. The van der Waals surface area contributed by atoms with Crippen LogP contribution in [0.4, 0.5) is 0 Å². The highest BCUT2D eigenvalue weighted by Crippen LogP contribution is 2.05. The summed E-state index contributed by atoms with van der Waals surface area (Å²) < 4.78 is 0. The van der Waals surface area contributed by atoms with Gasteiger partial charge in [0.05, 0.1) is 0 Å². The maximum atomic E-state index is 3.76. The van der Waals surface area contributed by atoms with E-state index in [0.717, 1.165) is 11.1 Å². The monoisotopic (exact) mass is 108 g/mol. The van der Waals surface area contributed by atoms with Gasteiger partial charge >= 0.3 is 0 Å². The van der Waals surface area contributed by atoms with E-state index in [-0.39, 0.29) is 0 Å². The van der Waals surface area contributed by atoms with Gasteiger partial charge in [0.2, 0.25) is 0 Å². The predicted octanol–water partition coefficient (Wildman–Crippen LogP) is 2.69. The summed E-state index contributed by atoms with van der Waals surface area (Å²) >= 11 is 0. The molecular formula is C8H12. The molecule has 0 aliphatic rings. The number of rotatable bonds is 2.